The van der Waals surface area contributed by atoms with Gasteiger partial charge >= 0.3 is 0 Å². The molecule has 0 bridgehead atoms. The number of para-hydroxylation sites is 1. The second kappa shape index (κ2) is 10.9. The number of nitrogens with zero attached hydrogens (tertiary/aromatic N) is 2. The third-order valence-corrected chi connectivity index (χ3v) is 10.4. The third-order valence-electron chi connectivity index (χ3n) is 10.4. The van der Waals surface area contributed by atoms with Crippen LogP contribution in [0.1, 0.15) is 18.1 Å². The standard InChI is InChI=1S/C46H32N2O/c1-29-33-18-8-9-19-35(33)46(31-16-6-3-7-17-31)47-45(29)38-22-13-25-41-44(38)37-27-26-32(28-42(37)49-41)48-39-23-11-10-20-36(39)43-34(21-12-24-40(43)48)30-14-4-2-5-15-30/h2-29,33H,1H3. The Morgan fingerprint density at radius 1 is 0.592 bits per heavy atom. The van der Waals surface area contributed by atoms with Crippen LogP contribution < -0.4 is 0 Å². The second-order valence-corrected chi connectivity index (χ2v) is 13.1. The molecule has 0 radical (unpaired) electrons. The van der Waals surface area contributed by atoms with Gasteiger partial charge in [0.2, 0.25) is 0 Å². The topological polar surface area (TPSA) is 30.4 Å². The number of hydrogen-bond donors (Lipinski definition) is 0. The van der Waals surface area contributed by atoms with Gasteiger partial charge in [0.05, 0.1) is 22.4 Å². The van der Waals surface area contributed by atoms with Crippen molar-refractivity contribution in [1.82, 2.24) is 4.57 Å². The zero-order chi connectivity index (χ0) is 32.5. The summed E-state index contributed by atoms with van der Waals surface area (Å²) in [6.45, 7) is 2.31. The molecule has 0 N–H and O–H groups in total. The second-order valence-electron chi connectivity index (χ2n) is 13.1. The molecule has 232 valence electrons. The van der Waals surface area contributed by atoms with E-state index in [0.717, 1.165) is 50.2 Å². The first-order valence-corrected chi connectivity index (χ1v) is 17.0. The van der Waals surface area contributed by atoms with Crippen LogP contribution in [-0.2, 0) is 0 Å². The lowest BCUT2D eigenvalue weighted by Crippen LogP contribution is -2.27. The fourth-order valence-corrected chi connectivity index (χ4v) is 8.14. The highest BCUT2D eigenvalue weighted by atomic mass is 16.3. The third kappa shape index (κ3) is 4.25. The maximum absolute atomic E-state index is 6.69. The summed E-state index contributed by atoms with van der Waals surface area (Å²) in [6.07, 6.45) is 8.86. The maximum atomic E-state index is 6.69. The predicted octanol–water partition coefficient (Wildman–Crippen LogP) is 11.9. The Bertz CT molecular complexity index is 2720. The van der Waals surface area contributed by atoms with Crippen LogP contribution in [0.25, 0.3) is 66.3 Å². The van der Waals surface area contributed by atoms with Crippen molar-refractivity contribution in [3.63, 3.8) is 0 Å². The van der Waals surface area contributed by atoms with Crippen LogP contribution in [0.5, 0.6) is 0 Å². The van der Waals surface area contributed by atoms with E-state index in [4.69, 9.17) is 9.41 Å². The van der Waals surface area contributed by atoms with Crippen molar-refractivity contribution >= 4 is 55.2 Å². The van der Waals surface area contributed by atoms with E-state index in [1.54, 1.807) is 0 Å². The van der Waals surface area contributed by atoms with Gasteiger partial charge in [-0.1, -0.05) is 134 Å². The lowest BCUT2D eigenvalue weighted by atomic mass is 9.75. The summed E-state index contributed by atoms with van der Waals surface area (Å²) in [5, 5.41) is 4.72. The lowest BCUT2D eigenvalue weighted by molar-refractivity contribution is 0.617. The Labute approximate surface area is 284 Å². The number of benzene rings is 6. The fraction of sp³-hybridized carbons (Fsp3) is 0.0652. The van der Waals surface area contributed by atoms with E-state index in [9.17, 15) is 0 Å². The zero-order valence-electron chi connectivity index (χ0n) is 27.0. The minimum absolute atomic E-state index is 0.204. The minimum Gasteiger partial charge on any atom is -0.456 e. The number of allylic oxidation sites excluding steroid dienone is 5. The number of aromatic nitrogens is 1. The predicted molar refractivity (Wildman–Crippen MR) is 204 cm³/mol. The molecule has 3 heteroatoms. The normalized spacial score (nSPS) is 17.4. The number of fused-ring (bicyclic) bond motifs is 7. The van der Waals surface area contributed by atoms with Gasteiger partial charge in [0.1, 0.15) is 11.2 Å². The quantitative estimate of drug-likeness (QED) is 0.191. The molecule has 10 rings (SSSR count). The average Bonchev–Trinajstić information content (AvgIpc) is 3.71. The number of rotatable bonds is 4. The fourth-order valence-electron chi connectivity index (χ4n) is 8.14. The Kier molecular flexibility index (Phi) is 6.22. The molecule has 0 amide bonds. The van der Waals surface area contributed by atoms with Gasteiger partial charge in [-0.15, -0.1) is 0 Å². The van der Waals surface area contributed by atoms with Crippen molar-refractivity contribution in [2.45, 2.75) is 6.92 Å². The number of furan rings is 1. The number of aliphatic imine (C=N–C) groups is 1. The molecule has 2 atom stereocenters. The van der Waals surface area contributed by atoms with Crippen molar-refractivity contribution in [3.8, 4) is 16.8 Å². The molecule has 6 aromatic carbocycles. The van der Waals surface area contributed by atoms with Crippen LogP contribution in [0.3, 0.4) is 0 Å². The van der Waals surface area contributed by atoms with Crippen molar-refractivity contribution in [2.75, 3.05) is 0 Å². The van der Waals surface area contributed by atoms with Gasteiger partial charge < -0.3 is 8.98 Å². The highest BCUT2D eigenvalue weighted by molar-refractivity contribution is 6.21. The van der Waals surface area contributed by atoms with E-state index in [0.29, 0.717) is 0 Å². The first-order valence-electron chi connectivity index (χ1n) is 17.0. The summed E-state index contributed by atoms with van der Waals surface area (Å²) in [5.41, 5.74) is 13.3. The van der Waals surface area contributed by atoms with Crippen LogP contribution in [0.2, 0.25) is 0 Å². The lowest BCUT2D eigenvalue weighted by Gasteiger charge is -2.32. The summed E-state index contributed by atoms with van der Waals surface area (Å²) in [6, 6.07) is 49.7. The molecule has 1 aliphatic heterocycles. The molecule has 8 aromatic rings. The molecule has 3 nitrogen and oxygen atoms in total. The van der Waals surface area contributed by atoms with E-state index in [1.807, 2.05) is 0 Å². The Morgan fingerprint density at radius 3 is 2.18 bits per heavy atom. The van der Waals surface area contributed by atoms with Crippen molar-refractivity contribution < 1.29 is 4.42 Å². The van der Waals surface area contributed by atoms with Gasteiger partial charge in [0.15, 0.2) is 0 Å². The van der Waals surface area contributed by atoms with Gasteiger partial charge in [-0.25, -0.2) is 0 Å². The van der Waals surface area contributed by atoms with E-state index < -0.39 is 0 Å². The summed E-state index contributed by atoms with van der Waals surface area (Å²) in [4.78, 5) is 5.45. The molecule has 0 fully saturated rings. The molecule has 2 aromatic heterocycles. The maximum Gasteiger partial charge on any atom is 0.137 e. The minimum atomic E-state index is 0.204. The summed E-state index contributed by atoms with van der Waals surface area (Å²) >= 11 is 0. The van der Waals surface area contributed by atoms with Crippen molar-refractivity contribution in [1.29, 1.82) is 0 Å². The van der Waals surface area contributed by atoms with Crippen LogP contribution in [0.4, 0.5) is 0 Å². The Hall–Kier alpha value is -6.19. The summed E-state index contributed by atoms with van der Waals surface area (Å²) in [5.74, 6) is 0.457. The molecule has 49 heavy (non-hydrogen) atoms. The molecule has 3 heterocycles. The monoisotopic (exact) mass is 628 g/mol. The highest BCUT2D eigenvalue weighted by Crippen LogP contribution is 2.43. The molecule has 0 saturated carbocycles. The van der Waals surface area contributed by atoms with E-state index in [2.05, 4.69) is 175 Å². The SMILES string of the molecule is CC1C(c2cccc3oc4cc(-n5c6ccccc6c6c(-c7ccccc7)cccc65)ccc4c23)=NC(c2ccccc2)=C2C=CC=CC21. The molecule has 0 spiro atoms. The van der Waals surface area contributed by atoms with E-state index >= 15 is 0 Å². The van der Waals surface area contributed by atoms with Gasteiger partial charge in [-0.3, -0.25) is 4.99 Å². The first-order chi connectivity index (χ1) is 24.2. The molecule has 2 unspecified atom stereocenters. The highest BCUT2D eigenvalue weighted by Gasteiger charge is 2.32. The molecular formula is C46H32N2O. The molecule has 2 aliphatic rings. The molecule has 1 aliphatic carbocycles. The van der Waals surface area contributed by atoms with Crippen LogP contribution in [0, 0.1) is 11.8 Å². The van der Waals surface area contributed by atoms with Crippen molar-refractivity contribution in [2.24, 2.45) is 16.8 Å². The van der Waals surface area contributed by atoms with Gasteiger partial charge in [-0.05, 0) is 47.0 Å². The zero-order valence-corrected chi connectivity index (χ0v) is 27.0. The number of hydrogen-bond acceptors (Lipinski definition) is 2. The summed E-state index contributed by atoms with van der Waals surface area (Å²) < 4.78 is 9.06. The van der Waals surface area contributed by atoms with Gasteiger partial charge in [0.25, 0.3) is 0 Å². The largest absolute Gasteiger partial charge is 0.456 e. The van der Waals surface area contributed by atoms with Crippen molar-refractivity contribution in [3.05, 3.63) is 181 Å². The average molecular weight is 629 g/mol. The van der Waals surface area contributed by atoms with Crippen LogP contribution in [0.15, 0.2) is 179 Å². The van der Waals surface area contributed by atoms with E-state index in [1.165, 1.54) is 38.5 Å². The first kappa shape index (κ1) is 27.9. The van der Waals surface area contributed by atoms with Crippen LogP contribution >= 0.6 is 0 Å². The Balaban J connectivity index is 1.17. The van der Waals surface area contributed by atoms with Gasteiger partial charge in [0, 0.05) is 56.3 Å². The smallest absolute Gasteiger partial charge is 0.137 e. The van der Waals surface area contributed by atoms with Crippen LogP contribution in [-0.4, -0.2) is 10.3 Å². The van der Waals surface area contributed by atoms with E-state index in [-0.39, 0.29) is 11.8 Å². The molecule has 0 saturated heterocycles. The Morgan fingerprint density at radius 2 is 1.33 bits per heavy atom. The molecular weight excluding hydrogens is 597 g/mol. The van der Waals surface area contributed by atoms with Gasteiger partial charge in [-0.2, -0.15) is 0 Å². The summed E-state index contributed by atoms with van der Waals surface area (Å²) in [7, 11) is 0.